The zero-order valence-electron chi connectivity index (χ0n) is 11.9. The van der Waals surface area contributed by atoms with Crippen molar-refractivity contribution in [3.8, 4) is 0 Å². The van der Waals surface area contributed by atoms with E-state index in [4.69, 9.17) is 17.3 Å². The van der Waals surface area contributed by atoms with Crippen molar-refractivity contribution in [1.29, 1.82) is 0 Å². The second-order valence-electron chi connectivity index (χ2n) is 5.31. The summed E-state index contributed by atoms with van der Waals surface area (Å²) >= 11 is 6.07. The summed E-state index contributed by atoms with van der Waals surface area (Å²) in [5.74, 6) is 0.676. The average molecular weight is 269 g/mol. The molecule has 0 aliphatic rings. The minimum atomic E-state index is 0.0810. The summed E-state index contributed by atoms with van der Waals surface area (Å²) in [5, 5.41) is 0.773. The SMILES string of the molecule is CCC(C)CN(C)C(c1cccc(Cl)c1)C(C)N. The van der Waals surface area contributed by atoms with Crippen molar-refractivity contribution in [1.82, 2.24) is 4.90 Å². The molecule has 102 valence electrons. The number of benzene rings is 1. The van der Waals surface area contributed by atoms with Crippen LogP contribution in [-0.2, 0) is 0 Å². The number of hydrogen-bond donors (Lipinski definition) is 1. The molecule has 0 bridgehead atoms. The molecule has 1 aromatic rings. The normalized spacial score (nSPS) is 16.6. The molecule has 3 atom stereocenters. The first kappa shape index (κ1) is 15.5. The summed E-state index contributed by atoms with van der Waals surface area (Å²) < 4.78 is 0. The maximum atomic E-state index is 6.15. The highest BCUT2D eigenvalue weighted by Gasteiger charge is 2.22. The smallest absolute Gasteiger partial charge is 0.0494 e. The van der Waals surface area contributed by atoms with Crippen LogP contribution < -0.4 is 5.73 Å². The largest absolute Gasteiger partial charge is 0.326 e. The summed E-state index contributed by atoms with van der Waals surface area (Å²) in [6, 6.07) is 8.31. The van der Waals surface area contributed by atoms with E-state index >= 15 is 0 Å². The summed E-state index contributed by atoms with van der Waals surface area (Å²) in [7, 11) is 2.14. The molecule has 0 saturated heterocycles. The molecule has 3 unspecified atom stereocenters. The minimum absolute atomic E-state index is 0.0810. The molecule has 0 fully saturated rings. The number of likely N-dealkylation sites (N-methyl/N-ethyl adjacent to an activating group) is 1. The van der Waals surface area contributed by atoms with Crippen LogP contribution in [0.25, 0.3) is 0 Å². The van der Waals surface area contributed by atoms with Gasteiger partial charge in [0, 0.05) is 23.7 Å². The summed E-state index contributed by atoms with van der Waals surface area (Å²) in [6.45, 7) is 7.60. The zero-order valence-corrected chi connectivity index (χ0v) is 12.6. The Morgan fingerprint density at radius 2 is 2.00 bits per heavy atom. The van der Waals surface area contributed by atoms with Crippen LogP contribution >= 0.6 is 11.6 Å². The van der Waals surface area contributed by atoms with Gasteiger partial charge in [-0.15, -0.1) is 0 Å². The van der Waals surface area contributed by atoms with E-state index in [1.807, 2.05) is 18.2 Å². The van der Waals surface area contributed by atoms with Gasteiger partial charge < -0.3 is 5.73 Å². The first-order valence-corrected chi connectivity index (χ1v) is 7.04. The first-order chi connectivity index (χ1) is 8.45. The van der Waals surface area contributed by atoms with Gasteiger partial charge in [-0.25, -0.2) is 0 Å². The number of nitrogens with two attached hydrogens (primary N) is 1. The summed E-state index contributed by atoms with van der Waals surface area (Å²) in [6.07, 6.45) is 1.19. The lowest BCUT2D eigenvalue weighted by molar-refractivity contribution is 0.190. The van der Waals surface area contributed by atoms with E-state index in [1.54, 1.807) is 0 Å². The van der Waals surface area contributed by atoms with Gasteiger partial charge in [-0.3, -0.25) is 4.90 Å². The molecule has 0 aromatic heterocycles. The fraction of sp³-hybridized carbons (Fsp3) is 0.600. The Morgan fingerprint density at radius 1 is 1.33 bits per heavy atom. The number of rotatable bonds is 6. The molecular formula is C15H25ClN2. The molecule has 0 heterocycles. The second kappa shape index (κ2) is 7.13. The van der Waals surface area contributed by atoms with Crippen LogP contribution in [0.4, 0.5) is 0 Å². The van der Waals surface area contributed by atoms with Gasteiger partial charge in [0.15, 0.2) is 0 Å². The third-order valence-corrected chi connectivity index (χ3v) is 3.69. The highest BCUT2D eigenvalue weighted by Crippen LogP contribution is 2.25. The standard InChI is InChI=1S/C15H25ClN2/c1-5-11(2)10-18(4)15(12(3)17)13-7-6-8-14(16)9-13/h6-9,11-12,15H,5,10,17H2,1-4H3. The highest BCUT2D eigenvalue weighted by atomic mass is 35.5. The molecule has 1 rings (SSSR count). The Morgan fingerprint density at radius 3 is 2.50 bits per heavy atom. The van der Waals surface area contributed by atoms with Crippen LogP contribution in [-0.4, -0.2) is 24.5 Å². The quantitative estimate of drug-likeness (QED) is 0.852. The van der Waals surface area contributed by atoms with Crippen molar-refractivity contribution in [2.45, 2.75) is 39.3 Å². The molecule has 2 N–H and O–H groups in total. The van der Waals surface area contributed by atoms with E-state index in [9.17, 15) is 0 Å². The van der Waals surface area contributed by atoms with Crippen molar-refractivity contribution >= 4 is 11.6 Å². The van der Waals surface area contributed by atoms with Crippen LogP contribution in [0.15, 0.2) is 24.3 Å². The van der Waals surface area contributed by atoms with Crippen molar-refractivity contribution in [2.75, 3.05) is 13.6 Å². The van der Waals surface area contributed by atoms with Crippen LogP contribution in [0.1, 0.15) is 38.8 Å². The molecule has 0 spiro atoms. The van der Waals surface area contributed by atoms with Crippen molar-refractivity contribution in [3.05, 3.63) is 34.9 Å². The maximum absolute atomic E-state index is 6.15. The molecule has 0 aliphatic carbocycles. The van der Waals surface area contributed by atoms with Gasteiger partial charge in [0.25, 0.3) is 0 Å². The van der Waals surface area contributed by atoms with E-state index in [2.05, 4.69) is 38.8 Å². The lowest BCUT2D eigenvalue weighted by Crippen LogP contribution is -2.39. The number of nitrogens with zero attached hydrogens (tertiary/aromatic N) is 1. The maximum Gasteiger partial charge on any atom is 0.0494 e. The Hall–Kier alpha value is -0.570. The van der Waals surface area contributed by atoms with Gasteiger partial charge in [0.1, 0.15) is 0 Å². The van der Waals surface area contributed by atoms with Gasteiger partial charge >= 0.3 is 0 Å². The molecule has 0 aliphatic heterocycles. The molecule has 18 heavy (non-hydrogen) atoms. The van der Waals surface area contributed by atoms with E-state index in [-0.39, 0.29) is 12.1 Å². The topological polar surface area (TPSA) is 29.3 Å². The van der Waals surface area contributed by atoms with Gasteiger partial charge in [-0.2, -0.15) is 0 Å². The molecule has 0 amide bonds. The molecular weight excluding hydrogens is 244 g/mol. The Bertz CT molecular complexity index is 365. The lowest BCUT2D eigenvalue weighted by atomic mass is 9.98. The van der Waals surface area contributed by atoms with E-state index in [1.165, 1.54) is 12.0 Å². The molecule has 3 heteroatoms. The highest BCUT2D eigenvalue weighted by molar-refractivity contribution is 6.30. The van der Waals surface area contributed by atoms with Crippen LogP contribution in [0.5, 0.6) is 0 Å². The molecule has 2 nitrogen and oxygen atoms in total. The first-order valence-electron chi connectivity index (χ1n) is 6.67. The zero-order chi connectivity index (χ0) is 13.7. The summed E-state index contributed by atoms with van der Waals surface area (Å²) in [5.41, 5.74) is 7.35. The van der Waals surface area contributed by atoms with E-state index < -0.39 is 0 Å². The second-order valence-corrected chi connectivity index (χ2v) is 5.75. The van der Waals surface area contributed by atoms with Crippen molar-refractivity contribution in [3.63, 3.8) is 0 Å². The van der Waals surface area contributed by atoms with Crippen molar-refractivity contribution in [2.24, 2.45) is 11.7 Å². The van der Waals surface area contributed by atoms with Gasteiger partial charge in [-0.05, 0) is 37.6 Å². The van der Waals surface area contributed by atoms with Gasteiger partial charge in [-0.1, -0.05) is 44.0 Å². The van der Waals surface area contributed by atoms with Crippen LogP contribution in [0.2, 0.25) is 5.02 Å². The van der Waals surface area contributed by atoms with E-state index in [0.717, 1.165) is 11.6 Å². The average Bonchev–Trinajstić information content (AvgIpc) is 2.28. The molecule has 0 saturated carbocycles. The fourth-order valence-electron chi connectivity index (χ4n) is 2.38. The predicted molar refractivity (Wildman–Crippen MR) is 79.9 cm³/mol. The van der Waals surface area contributed by atoms with Gasteiger partial charge in [0.05, 0.1) is 0 Å². The monoisotopic (exact) mass is 268 g/mol. The van der Waals surface area contributed by atoms with Crippen LogP contribution in [0, 0.1) is 5.92 Å². The summed E-state index contributed by atoms with van der Waals surface area (Å²) in [4.78, 5) is 2.34. The number of halogens is 1. The van der Waals surface area contributed by atoms with Crippen LogP contribution in [0.3, 0.4) is 0 Å². The lowest BCUT2D eigenvalue weighted by Gasteiger charge is -2.33. The predicted octanol–water partition coefficient (Wildman–Crippen LogP) is 3.71. The third kappa shape index (κ3) is 4.27. The Balaban J connectivity index is 2.89. The third-order valence-electron chi connectivity index (χ3n) is 3.46. The fourth-order valence-corrected chi connectivity index (χ4v) is 2.58. The van der Waals surface area contributed by atoms with Crippen molar-refractivity contribution < 1.29 is 0 Å². The number of hydrogen-bond acceptors (Lipinski definition) is 2. The van der Waals surface area contributed by atoms with E-state index in [0.29, 0.717) is 5.92 Å². The van der Waals surface area contributed by atoms with Gasteiger partial charge in [0.2, 0.25) is 0 Å². The molecule has 0 radical (unpaired) electrons. The molecule has 1 aromatic carbocycles. The Kier molecular flexibility index (Phi) is 6.13. The Labute approximate surface area is 116 Å². The minimum Gasteiger partial charge on any atom is -0.326 e.